The molecule has 0 aromatic carbocycles. The van der Waals surface area contributed by atoms with Crippen molar-refractivity contribution in [2.24, 2.45) is 5.73 Å². The van der Waals surface area contributed by atoms with Gasteiger partial charge in [-0.15, -0.1) is 0 Å². The molecule has 16 heavy (non-hydrogen) atoms. The summed E-state index contributed by atoms with van der Waals surface area (Å²) < 4.78 is 0. The minimum Gasteiger partial charge on any atom is -0.550 e. The zero-order chi connectivity index (χ0) is 11.7. The van der Waals surface area contributed by atoms with Gasteiger partial charge in [0, 0.05) is 18.4 Å². The topological polar surface area (TPSA) is 106 Å². The summed E-state index contributed by atoms with van der Waals surface area (Å²) in [5.41, 5.74) is 4.73. The van der Waals surface area contributed by atoms with Gasteiger partial charge < -0.3 is 25.5 Å². The molecule has 1 fully saturated rings. The smallest absolute Gasteiger partial charge is 0.550 e. The SMILES string of the molecule is C1CCCCC1.NC(CC(=O)[O-])C(=O)[O-].[Zn+2]. The summed E-state index contributed by atoms with van der Waals surface area (Å²) in [5, 5.41) is 19.3. The molecule has 1 aliphatic carbocycles. The van der Waals surface area contributed by atoms with Crippen LogP contribution in [-0.4, -0.2) is 18.0 Å². The van der Waals surface area contributed by atoms with Crippen LogP contribution in [0.2, 0.25) is 0 Å². The molecule has 1 atom stereocenters. The number of rotatable bonds is 3. The molecule has 0 aromatic heterocycles. The van der Waals surface area contributed by atoms with Gasteiger partial charge in [-0.05, 0) is 0 Å². The van der Waals surface area contributed by atoms with E-state index in [2.05, 4.69) is 0 Å². The van der Waals surface area contributed by atoms with Crippen molar-refractivity contribution in [1.29, 1.82) is 0 Å². The predicted molar refractivity (Wildman–Crippen MR) is 50.3 cm³/mol. The van der Waals surface area contributed by atoms with Gasteiger partial charge in [-0.2, -0.15) is 0 Å². The average molecular weight is 281 g/mol. The van der Waals surface area contributed by atoms with Crippen LogP contribution in [0.1, 0.15) is 44.9 Å². The van der Waals surface area contributed by atoms with E-state index >= 15 is 0 Å². The molecule has 0 heterocycles. The maximum Gasteiger partial charge on any atom is 2.00 e. The first-order valence-corrected chi connectivity index (χ1v) is 5.20. The van der Waals surface area contributed by atoms with Crippen molar-refractivity contribution in [1.82, 2.24) is 0 Å². The second-order valence-electron chi connectivity index (χ2n) is 3.62. The summed E-state index contributed by atoms with van der Waals surface area (Å²) >= 11 is 0. The fourth-order valence-electron chi connectivity index (χ4n) is 1.32. The molecule has 1 aliphatic rings. The molecule has 0 bridgehead atoms. The van der Waals surface area contributed by atoms with Crippen LogP contribution in [0.25, 0.3) is 0 Å². The van der Waals surface area contributed by atoms with E-state index in [0.29, 0.717) is 0 Å². The number of aliphatic carboxylic acids is 2. The summed E-state index contributed by atoms with van der Waals surface area (Å²) in [6.07, 6.45) is 8.29. The third kappa shape index (κ3) is 11.6. The van der Waals surface area contributed by atoms with Gasteiger partial charge in [0.15, 0.2) is 0 Å². The van der Waals surface area contributed by atoms with Crippen LogP contribution in [0, 0.1) is 0 Å². The Hall–Kier alpha value is -0.477. The molecule has 6 heteroatoms. The van der Waals surface area contributed by atoms with Gasteiger partial charge >= 0.3 is 19.5 Å². The van der Waals surface area contributed by atoms with Gasteiger partial charge in [-0.25, -0.2) is 0 Å². The van der Waals surface area contributed by atoms with Crippen LogP contribution in [0.15, 0.2) is 0 Å². The van der Waals surface area contributed by atoms with Crippen molar-refractivity contribution in [3.05, 3.63) is 0 Å². The minimum atomic E-state index is -1.58. The standard InChI is InChI=1S/C6H12.C4H7NO4.Zn/c1-2-4-6-5-3-1;5-2(4(8)9)1-3(6)7;/h1-6H2;2H,1,5H2,(H,6,7)(H,8,9);/q;;+2/p-2. The summed E-state index contributed by atoms with van der Waals surface area (Å²) in [6.45, 7) is 0. The second kappa shape index (κ2) is 11.0. The largest absolute Gasteiger partial charge is 2.00 e. The van der Waals surface area contributed by atoms with Crippen molar-refractivity contribution in [3.8, 4) is 0 Å². The van der Waals surface area contributed by atoms with Crippen molar-refractivity contribution < 1.29 is 39.3 Å². The van der Waals surface area contributed by atoms with E-state index in [4.69, 9.17) is 5.73 Å². The normalized spacial score (nSPS) is 16.1. The molecule has 0 saturated heterocycles. The van der Waals surface area contributed by atoms with Gasteiger partial charge in [0.1, 0.15) is 0 Å². The fraction of sp³-hybridized carbons (Fsp3) is 0.800. The van der Waals surface area contributed by atoms with E-state index in [0.717, 1.165) is 0 Å². The van der Waals surface area contributed by atoms with Crippen molar-refractivity contribution in [3.63, 3.8) is 0 Å². The van der Waals surface area contributed by atoms with Crippen LogP contribution < -0.4 is 15.9 Å². The predicted octanol–water partition coefficient (Wildman–Crippen LogP) is -1.46. The van der Waals surface area contributed by atoms with Crippen LogP contribution in [0.3, 0.4) is 0 Å². The van der Waals surface area contributed by atoms with Gasteiger partial charge in [0.25, 0.3) is 0 Å². The minimum absolute atomic E-state index is 0. The number of hydrogen-bond donors (Lipinski definition) is 1. The summed E-state index contributed by atoms with van der Waals surface area (Å²) in [5.74, 6) is -3.08. The Balaban J connectivity index is 0. The molecule has 2 N–H and O–H groups in total. The Labute approximate surface area is 108 Å². The maximum absolute atomic E-state index is 9.71. The quantitative estimate of drug-likeness (QED) is 0.636. The van der Waals surface area contributed by atoms with Gasteiger partial charge in [0.05, 0.1) is 5.97 Å². The molecule has 1 rings (SSSR count). The van der Waals surface area contributed by atoms with Gasteiger partial charge in [-0.3, -0.25) is 0 Å². The molecule has 0 spiro atoms. The molecule has 1 saturated carbocycles. The van der Waals surface area contributed by atoms with E-state index in [1.165, 1.54) is 38.5 Å². The summed E-state index contributed by atoms with van der Waals surface area (Å²) in [7, 11) is 0. The van der Waals surface area contributed by atoms with Crippen LogP contribution in [0.5, 0.6) is 0 Å². The zero-order valence-electron chi connectivity index (χ0n) is 9.44. The maximum atomic E-state index is 9.71. The van der Waals surface area contributed by atoms with Crippen LogP contribution in [-0.2, 0) is 29.1 Å². The molecule has 0 aliphatic heterocycles. The molecular formula is C10H17NO4Zn. The Kier molecular flexibility index (Phi) is 12.3. The molecule has 5 nitrogen and oxygen atoms in total. The number of carboxylic acids is 2. The number of carbonyl (C=O) groups excluding carboxylic acids is 2. The van der Waals surface area contributed by atoms with E-state index in [1.807, 2.05) is 0 Å². The van der Waals surface area contributed by atoms with E-state index < -0.39 is 24.4 Å². The molecular weight excluding hydrogens is 264 g/mol. The van der Waals surface area contributed by atoms with Crippen LogP contribution in [0.4, 0.5) is 0 Å². The number of carbonyl (C=O) groups is 2. The Morgan fingerprint density at radius 3 is 1.44 bits per heavy atom. The molecule has 0 aromatic rings. The number of nitrogens with two attached hydrogens (primary N) is 1. The molecule has 1 unspecified atom stereocenters. The first kappa shape index (κ1) is 17.9. The monoisotopic (exact) mass is 279 g/mol. The average Bonchev–Trinajstić information content (AvgIpc) is 2.20. The first-order valence-electron chi connectivity index (χ1n) is 5.20. The van der Waals surface area contributed by atoms with Crippen LogP contribution >= 0.6 is 0 Å². The van der Waals surface area contributed by atoms with Gasteiger partial charge in [-0.1, -0.05) is 38.5 Å². The zero-order valence-corrected chi connectivity index (χ0v) is 12.4. The Morgan fingerprint density at radius 1 is 1.00 bits per heavy atom. The molecule has 88 valence electrons. The molecule has 0 radical (unpaired) electrons. The summed E-state index contributed by atoms with van der Waals surface area (Å²) in [6, 6.07) is -1.46. The first-order chi connectivity index (χ1) is 7.04. The van der Waals surface area contributed by atoms with Gasteiger partial charge in [0.2, 0.25) is 0 Å². The van der Waals surface area contributed by atoms with Crippen molar-refractivity contribution in [2.75, 3.05) is 0 Å². The number of carboxylic acid groups (broad SMARTS) is 2. The number of hydrogen-bond acceptors (Lipinski definition) is 5. The summed E-state index contributed by atoms with van der Waals surface area (Å²) in [4.78, 5) is 19.3. The Morgan fingerprint density at radius 2 is 1.31 bits per heavy atom. The van der Waals surface area contributed by atoms with Crippen molar-refractivity contribution >= 4 is 11.9 Å². The van der Waals surface area contributed by atoms with Crippen molar-refractivity contribution in [2.45, 2.75) is 51.0 Å². The molecule has 0 amide bonds. The van der Waals surface area contributed by atoms with E-state index in [9.17, 15) is 19.8 Å². The second-order valence-corrected chi connectivity index (χ2v) is 3.62. The van der Waals surface area contributed by atoms with E-state index in [-0.39, 0.29) is 19.5 Å². The third-order valence-electron chi connectivity index (χ3n) is 2.19. The Bertz CT molecular complexity index is 195. The third-order valence-corrected chi connectivity index (χ3v) is 2.19. The fourth-order valence-corrected chi connectivity index (χ4v) is 1.32. The van der Waals surface area contributed by atoms with E-state index in [1.54, 1.807) is 0 Å².